The molecular formula is C26H29Br2N3ORu. The molecule has 0 saturated carbocycles. The third-order valence-electron chi connectivity index (χ3n) is 6.00. The van der Waals surface area contributed by atoms with Crippen molar-refractivity contribution in [2.75, 3.05) is 6.54 Å². The van der Waals surface area contributed by atoms with Crippen molar-refractivity contribution in [2.24, 2.45) is 0 Å². The predicted octanol–water partition coefficient (Wildman–Crippen LogP) is 6.64. The van der Waals surface area contributed by atoms with Gasteiger partial charge in [0.05, 0.1) is 0 Å². The van der Waals surface area contributed by atoms with Crippen LogP contribution in [-0.4, -0.2) is 31.2 Å². The van der Waals surface area contributed by atoms with Crippen LogP contribution >= 0.6 is 31.9 Å². The molecule has 0 unspecified atom stereocenters. The van der Waals surface area contributed by atoms with E-state index in [-0.39, 0.29) is 5.91 Å². The Hall–Kier alpha value is -1.43. The zero-order chi connectivity index (χ0) is 24.0. The van der Waals surface area contributed by atoms with Gasteiger partial charge in [-0.1, -0.05) is 0 Å². The molecule has 33 heavy (non-hydrogen) atoms. The van der Waals surface area contributed by atoms with Crippen LogP contribution in [0.2, 0.25) is 0 Å². The summed E-state index contributed by atoms with van der Waals surface area (Å²) in [7, 11) is 0. The van der Waals surface area contributed by atoms with Crippen molar-refractivity contribution < 1.29 is 21.0 Å². The molecule has 2 aromatic carbocycles. The molecule has 1 fully saturated rings. The molecule has 0 radical (unpaired) electrons. The molecule has 4 rings (SSSR count). The number of aryl methyl sites for hydroxylation is 6. The maximum absolute atomic E-state index is 12.3. The predicted molar refractivity (Wildman–Crippen MR) is 139 cm³/mol. The number of aromatic nitrogens is 2. The molecule has 0 aliphatic carbocycles. The number of benzene rings is 2. The van der Waals surface area contributed by atoms with Gasteiger partial charge in [-0.2, -0.15) is 0 Å². The first-order valence-corrected chi connectivity index (χ1v) is 14.5. The number of amides is 1. The molecule has 0 atom stereocenters. The van der Waals surface area contributed by atoms with Gasteiger partial charge >= 0.3 is 221 Å². The number of hydrogen-bond acceptors (Lipinski definition) is 1. The molecule has 7 heteroatoms. The molecule has 1 aliphatic rings. The summed E-state index contributed by atoms with van der Waals surface area (Å²) in [6.07, 6.45) is 1.59. The molecule has 1 saturated heterocycles. The average molecular weight is 660 g/mol. The summed E-state index contributed by atoms with van der Waals surface area (Å²) in [5.41, 5.74) is 9.85. The van der Waals surface area contributed by atoms with E-state index in [9.17, 15) is 4.79 Å². The van der Waals surface area contributed by atoms with Crippen LogP contribution < -0.4 is 0 Å². The van der Waals surface area contributed by atoms with Crippen LogP contribution in [0.3, 0.4) is 0 Å². The second-order valence-corrected chi connectivity index (χ2v) is 12.1. The van der Waals surface area contributed by atoms with Gasteiger partial charge in [-0.15, -0.1) is 0 Å². The van der Waals surface area contributed by atoms with Crippen molar-refractivity contribution >= 4 is 42.5 Å². The minimum absolute atomic E-state index is 0.234. The zero-order valence-electron chi connectivity index (χ0n) is 19.9. The van der Waals surface area contributed by atoms with E-state index in [1.807, 2.05) is 4.90 Å². The van der Waals surface area contributed by atoms with Crippen LogP contribution in [0.15, 0.2) is 33.5 Å². The van der Waals surface area contributed by atoms with E-state index in [0.717, 1.165) is 22.2 Å². The Kier molecular flexibility index (Phi) is 7.24. The Morgan fingerprint density at radius 1 is 0.788 bits per heavy atom. The molecule has 2 heterocycles. The van der Waals surface area contributed by atoms with Gasteiger partial charge in [0.1, 0.15) is 0 Å². The van der Waals surface area contributed by atoms with Gasteiger partial charge in [-0.25, -0.2) is 0 Å². The van der Waals surface area contributed by atoms with Gasteiger partial charge in [0.15, 0.2) is 0 Å². The van der Waals surface area contributed by atoms with E-state index in [1.54, 1.807) is 0 Å². The number of halogens is 2. The first-order valence-electron chi connectivity index (χ1n) is 11.0. The SMILES string of the molecule is Cc1cc(C)c(-n2c(Br)c(Br)n(-c3c(C)cc(C)cc3C)[c]2=[Ru]=[CH]N2CCCC2=O)c(C)c1. The summed E-state index contributed by atoms with van der Waals surface area (Å²) in [6, 6.07) is 8.96. The first-order chi connectivity index (χ1) is 15.6. The second kappa shape index (κ2) is 9.67. The molecule has 3 aromatic rings. The van der Waals surface area contributed by atoms with Crippen LogP contribution in [0.1, 0.15) is 46.2 Å². The van der Waals surface area contributed by atoms with Crippen molar-refractivity contribution in [3.05, 3.63) is 70.9 Å². The average Bonchev–Trinajstić information content (AvgIpc) is 3.22. The maximum atomic E-state index is 12.3. The third kappa shape index (κ3) is 4.61. The van der Waals surface area contributed by atoms with Crippen LogP contribution in [0.25, 0.3) is 11.4 Å². The van der Waals surface area contributed by atoms with Crippen molar-refractivity contribution in [3.8, 4) is 11.4 Å². The van der Waals surface area contributed by atoms with E-state index in [4.69, 9.17) is 0 Å². The normalized spacial score (nSPS) is 13.8. The number of carbonyl (C=O) groups is 1. The Labute approximate surface area is 219 Å². The van der Waals surface area contributed by atoms with Crippen LogP contribution in [0.5, 0.6) is 0 Å². The van der Waals surface area contributed by atoms with Gasteiger partial charge in [0, 0.05) is 0 Å². The number of hydrogen-bond donors (Lipinski definition) is 0. The molecule has 0 spiro atoms. The van der Waals surface area contributed by atoms with Crippen molar-refractivity contribution in [1.29, 1.82) is 0 Å². The van der Waals surface area contributed by atoms with Gasteiger partial charge in [-0.05, 0) is 0 Å². The van der Waals surface area contributed by atoms with Gasteiger partial charge in [0.2, 0.25) is 0 Å². The van der Waals surface area contributed by atoms with Gasteiger partial charge in [-0.3, -0.25) is 0 Å². The fraction of sp³-hybridized carbons (Fsp3) is 0.346. The summed E-state index contributed by atoms with van der Waals surface area (Å²) < 4.78 is 9.99. The Morgan fingerprint density at radius 2 is 1.21 bits per heavy atom. The van der Waals surface area contributed by atoms with E-state index in [0.29, 0.717) is 6.42 Å². The van der Waals surface area contributed by atoms with E-state index in [1.165, 1.54) is 48.8 Å². The molecular weight excluding hydrogens is 631 g/mol. The van der Waals surface area contributed by atoms with Gasteiger partial charge < -0.3 is 0 Å². The van der Waals surface area contributed by atoms with Gasteiger partial charge in [0.25, 0.3) is 0 Å². The molecule has 0 N–H and O–H groups in total. The summed E-state index contributed by atoms with van der Waals surface area (Å²) in [6.45, 7) is 13.8. The standard InChI is InChI=1S/C21H22Br2N2.C5H7NO.Ru/c1-12-7-14(3)18(15(4)8-12)24-11-25(21(23)20(24)22)19-16(5)9-13(2)10-17(19)6;1-6-4-2-3-5(6)7;/h7-10H,1-6H3;1H,2-4H2;. The molecule has 1 aliphatic heterocycles. The Bertz CT molecular complexity index is 1260. The quantitative estimate of drug-likeness (QED) is 0.290. The van der Waals surface area contributed by atoms with E-state index >= 15 is 0 Å². The number of likely N-dealkylation sites (tertiary alicyclic amines) is 1. The van der Waals surface area contributed by atoms with Crippen LogP contribution in [0.4, 0.5) is 0 Å². The summed E-state index contributed by atoms with van der Waals surface area (Å²) >= 11 is 7.44. The van der Waals surface area contributed by atoms with Crippen molar-refractivity contribution in [3.63, 3.8) is 0 Å². The number of carbonyl (C=O) groups excluding carboxylic acids is 1. The fourth-order valence-electron chi connectivity index (χ4n) is 4.82. The molecule has 176 valence electrons. The molecule has 1 amide bonds. The second-order valence-electron chi connectivity index (χ2n) is 8.89. The number of rotatable bonds is 3. The Morgan fingerprint density at radius 3 is 1.58 bits per heavy atom. The molecule has 0 bridgehead atoms. The van der Waals surface area contributed by atoms with Crippen LogP contribution in [-0.2, 0) is 21.0 Å². The fourth-order valence-corrected chi connectivity index (χ4v) is 8.55. The monoisotopic (exact) mass is 659 g/mol. The van der Waals surface area contributed by atoms with Crippen molar-refractivity contribution in [2.45, 2.75) is 54.4 Å². The molecule has 1 aromatic heterocycles. The van der Waals surface area contributed by atoms with Crippen LogP contribution in [0, 0.1) is 45.6 Å². The number of imidazole rings is 1. The van der Waals surface area contributed by atoms with E-state index < -0.39 is 16.2 Å². The topological polar surface area (TPSA) is 30.2 Å². The number of nitrogens with zero attached hydrogens (tertiary/aromatic N) is 3. The summed E-state index contributed by atoms with van der Waals surface area (Å²) in [4.78, 5) is 14.3. The zero-order valence-corrected chi connectivity index (χ0v) is 24.8. The summed E-state index contributed by atoms with van der Waals surface area (Å²) in [5.74, 6) is 0.234. The first kappa shape index (κ1) is 24.7. The third-order valence-corrected chi connectivity index (χ3v) is 9.98. The van der Waals surface area contributed by atoms with Crippen molar-refractivity contribution in [1.82, 2.24) is 14.0 Å². The Balaban J connectivity index is 2.16. The minimum atomic E-state index is -0.396. The van der Waals surface area contributed by atoms with E-state index in [2.05, 4.69) is 112 Å². The summed E-state index contributed by atoms with van der Waals surface area (Å²) in [5, 5.41) is 0. The molecule has 4 nitrogen and oxygen atoms in total.